The minimum absolute atomic E-state index is 0.201. The van der Waals surface area contributed by atoms with Crippen LogP contribution in [-0.2, 0) is 6.61 Å². The molecule has 0 spiro atoms. The first kappa shape index (κ1) is 15.0. The van der Waals surface area contributed by atoms with Gasteiger partial charge in [0.1, 0.15) is 12.4 Å². The average Bonchev–Trinajstić information content (AvgIpc) is 2.59. The lowest BCUT2D eigenvalue weighted by Gasteiger charge is -2.08. The number of aromatic nitrogens is 1. The fourth-order valence-corrected chi connectivity index (χ4v) is 2.37. The van der Waals surface area contributed by atoms with Gasteiger partial charge in [0.2, 0.25) is 0 Å². The summed E-state index contributed by atoms with van der Waals surface area (Å²) >= 11 is 0. The van der Waals surface area contributed by atoms with Gasteiger partial charge in [-0.3, -0.25) is 4.79 Å². The second-order valence-electron chi connectivity index (χ2n) is 5.18. The summed E-state index contributed by atoms with van der Waals surface area (Å²) in [7, 11) is 0. The summed E-state index contributed by atoms with van der Waals surface area (Å²) in [5, 5.41) is 1.11. The number of hydrogen-bond acceptors (Lipinski definition) is 3. The van der Waals surface area contributed by atoms with Crippen LogP contribution >= 0.6 is 0 Å². The van der Waals surface area contributed by atoms with Crippen molar-refractivity contribution in [1.29, 1.82) is 0 Å². The van der Waals surface area contributed by atoms with Gasteiger partial charge in [-0.25, -0.2) is 4.98 Å². The van der Waals surface area contributed by atoms with E-state index < -0.39 is 5.91 Å². The third kappa shape index (κ3) is 3.29. The van der Waals surface area contributed by atoms with Gasteiger partial charge >= 0.3 is 0 Å². The third-order valence-electron chi connectivity index (χ3n) is 3.58. The molecule has 5 heteroatoms. The highest BCUT2D eigenvalue weighted by Crippen LogP contribution is 2.19. The molecule has 0 aliphatic rings. The Hall–Kier alpha value is -2.95. The van der Waals surface area contributed by atoms with Gasteiger partial charge in [-0.15, -0.1) is 0 Å². The highest BCUT2D eigenvalue weighted by atomic mass is 19.2. The number of pyridine rings is 1. The fraction of sp³-hybridized carbons (Fsp3) is 0.111. The van der Waals surface area contributed by atoms with Crippen molar-refractivity contribution in [2.75, 3.05) is 0 Å². The van der Waals surface area contributed by atoms with E-state index in [9.17, 15) is 9.28 Å². The molecule has 2 aromatic carbocycles. The van der Waals surface area contributed by atoms with E-state index in [0.717, 1.165) is 22.1 Å². The van der Waals surface area contributed by atoms with Gasteiger partial charge in [0.05, 0.1) is 11.2 Å². The van der Waals surface area contributed by atoms with E-state index in [1.807, 2.05) is 37.3 Å². The molecule has 1 heterocycles. The lowest BCUT2D eigenvalue weighted by molar-refractivity contribution is 0.0859. The molecule has 3 aromatic rings. The maximum Gasteiger partial charge on any atom is 0.279 e. The molecule has 1 N–H and O–H groups in total. The second kappa shape index (κ2) is 6.44. The molecule has 3 rings (SSSR count). The van der Waals surface area contributed by atoms with Crippen LogP contribution in [0.15, 0.2) is 54.6 Å². The largest absolute Gasteiger partial charge is 0.487 e. The number of benzene rings is 2. The zero-order valence-corrected chi connectivity index (χ0v) is 12.5. The van der Waals surface area contributed by atoms with Gasteiger partial charge < -0.3 is 4.74 Å². The molecule has 4 nitrogen and oxygen atoms in total. The molecule has 0 bridgehead atoms. The highest BCUT2D eigenvalue weighted by Gasteiger charge is 2.06. The number of nitrogens with zero attached hydrogens (tertiary/aromatic N) is 1. The van der Waals surface area contributed by atoms with Crippen LogP contribution in [0.4, 0.5) is 4.48 Å². The molecule has 0 fully saturated rings. The number of aryl methyl sites for hydroxylation is 1. The molecule has 116 valence electrons. The zero-order valence-electron chi connectivity index (χ0n) is 12.5. The van der Waals surface area contributed by atoms with Crippen molar-refractivity contribution in [1.82, 2.24) is 10.5 Å². The van der Waals surface area contributed by atoms with Crippen molar-refractivity contribution in [3.8, 4) is 5.75 Å². The number of halogens is 1. The van der Waals surface area contributed by atoms with Gasteiger partial charge in [-0.2, -0.15) is 5.54 Å². The van der Waals surface area contributed by atoms with Crippen LogP contribution in [-0.4, -0.2) is 10.9 Å². The van der Waals surface area contributed by atoms with Crippen molar-refractivity contribution >= 4 is 16.8 Å². The topological polar surface area (TPSA) is 51.2 Å². The first-order valence-corrected chi connectivity index (χ1v) is 7.16. The Kier molecular flexibility index (Phi) is 4.19. The Balaban J connectivity index is 1.77. The molecule has 0 unspecified atom stereocenters. The SMILES string of the molecule is Cc1cccc2nc(COc3cccc(C(=O)NF)c3)ccc12. The van der Waals surface area contributed by atoms with Gasteiger partial charge in [0.15, 0.2) is 0 Å². The summed E-state index contributed by atoms with van der Waals surface area (Å²) in [6, 6.07) is 16.2. The predicted octanol–water partition coefficient (Wildman–Crippen LogP) is 3.74. The van der Waals surface area contributed by atoms with Crippen LogP contribution < -0.4 is 10.3 Å². The third-order valence-corrected chi connectivity index (χ3v) is 3.58. The van der Waals surface area contributed by atoms with Crippen LogP contribution in [0.1, 0.15) is 21.6 Å². The zero-order chi connectivity index (χ0) is 16.2. The molecule has 0 radical (unpaired) electrons. The predicted molar refractivity (Wildman–Crippen MR) is 85.8 cm³/mol. The van der Waals surface area contributed by atoms with E-state index in [4.69, 9.17) is 4.74 Å². The first-order chi connectivity index (χ1) is 11.2. The summed E-state index contributed by atoms with van der Waals surface area (Å²) in [4.78, 5) is 15.8. The van der Waals surface area contributed by atoms with Gasteiger partial charge in [-0.1, -0.05) is 28.7 Å². The number of ether oxygens (including phenoxy) is 1. The molecule has 1 amide bonds. The van der Waals surface area contributed by atoms with Crippen LogP contribution in [0.2, 0.25) is 0 Å². The maximum absolute atomic E-state index is 12.2. The molecule has 1 aromatic heterocycles. The van der Waals surface area contributed by atoms with Gasteiger partial charge in [0, 0.05) is 10.9 Å². The molecular formula is C18H15FN2O2. The monoisotopic (exact) mass is 310 g/mol. The minimum atomic E-state index is -0.797. The van der Waals surface area contributed by atoms with Gasteiger partial charge in [-0.05, 0) is 42.8 Å². The molecule has 0 saturated carbocycles. The number of carbonyl (C=O) groups excluding carboxylic acids is 1. The first-order valence-electron chi connectivity index (χ1n) is 7.16. The number of fused-ring (bicyclic) bond motifs is 1. The number of carbonyl (C=O) groups is 1. The maximum atomic E-state index is 12.2. The van der Waals surface area contributed by atoms with E-state index in [1.165, 1.54) is 17.7 Å². The van der Waals surface area contributed by atoms with Crippen LogP contribution in [0.3, 0.4) is 0 Å². The summed E-state index contributed by atoms with van der Waals surface area (Å²) in [5.74, 6) is -0.313. The Morgan fingerprint density at radius 2 is 2.00 bits per heavy atom. The number of amides is 1. The number of rotatable bonds is 4. The number of nitrogens with one attached hydrogen (secondary N) is 1. The highest BCUT2D eigenvalue weighted by molar-refractivity contribution is 5.93. The fourth-order valence-electron chi connectivity index (χ4n) is 2.37. The van der Waals surface area contributed by atoms with E-state index >= 15 is 0 Å². The van der Waals surface area contributed by atoms with Crippen molar-refractivity contribution in [3.05, 3.63) is 71.4 Å². The van der Waals surface area contributed by atoms with E-state index in [2.05, 4.69) is 4.98 Å². The molecule has 23 heavy (non-hydrogen) atoms. The molecule has 0 aliphatic carbocycles. The smallest absolute Gasteiger partial charge is 0.279 e. The van der Waals surface area contributed by atoms with E-state index in [0.29, 0.717) is 5.75 Å². The molecule has 0 saturated heterocycles. The van der Waals surface area contributed by atoms with Crippen LogP contribution in [0.25, 0.3) is 10.9 Å². The molecule has 0 aliphatic heterocycles. The normalized spacial score (nSPS) is 10.5. The van der Waals surface area contributed by atoms with Crippen molar-refractivity contribution < 1.29 is 14.0 Å². The standard InChI is InChI=1S/C18H15FN2O2/c1-12-4-2-7-17-16(12)9-8-14(20-17)11-23-15-6-3-5-13(10-15)18(22)21-19/h2-10H,11H2,1H3,(H,21,22). The second-order valence-corrected chi connectivity index (χ2v) is 5.18. The Morgan fingerprint density at radius 1 is 1.17 bits per heavy atom. The summed E-state index contributed by atoms with van der Waals surface area (Å²) in [6.45, 7) is 2.31. The van der Waals surface area contributed by atoms with Crippen molar-refractivity contribution in [2.24, 2.45) is 0 Å². The van der Waals surface area contributed by atoms with E-state index in [-0.39, 0.29) is 12.2 Å². The summed E-state index contributed by atoms with van der Waals surface area (Å²) < 4.78 is 17.8. The van der Waals surface area contributed by atoms with Crippen LogP contribution in [0.5, 0.6) is 5.75 Å². The van der Waals surface area contributed by atoms with Crippen LogP contribution in [0, 0.1) is 6.92 Å². The van der Waals surface area contributed by atoms with E-state index in [1.54, 1.807) is 12.1 Å². The lowest BCUT2D eigenvalue weighted by atomic mass is 10.1. The average molecular weight is 310 g/mol. The summed E-state index contributed by atoms with van der Waals surface area (Å²) in [5.41, 5.74) is 4.17. The number of hydrogen-bond donors (Lipinski definition) is 1. The Morgan fingerprint density at radius 3 is 2.83 bits per heavy atom. The summed E-state index contributed by atoms with van der Waals surface area (Å²) in [6.07, 6.45) is 0. The Labute approximate surface area is 132 Å². The lowest BCUT2D eigenvalue weighted by Crippen LogP contribution is -2.13. The minimum Gasteiger partial charge on any atom is -0.487 e. The van der Waals surface area contributed by atoms with Gasteiger partial charge in [0.25, 0.3) is 5.91 Å². The quantitative estimate of drug-likeness (QED) is 0.747. The van der Waals surface area contributed by atoms with Crippen molar-refractivity contribution in [2.45, 2.75) is 13.5 Å². The van der Waals surface area contributed by atoms with Crippen molar-refractivity contribution in [3.63, 3.8) is 0 Å². The molecular weight excluding hydrogens is 295 g/mol. The molecule has 0 atom stereocenters. The Bertz CT molecular complexity index is 865.